The van der Waals surface area contributed by atoms with Gasteiger partial charge in [-0.3, -0.25) is 0 Å². The van der Waals surface area contributed by atoms with E-state index in [-0.39, 0.29) is 32.8 Å². The smallest absolute Gasteiger partial charge is 0.242 e. The second-order valence-electron chi connectivity index (χ2n) is 5.47. The lowest BCUT2D eigenvalue weighted by Crippen LogP contribution is -2.45. The third kappa shape index (κ3) is 4.71. The van der Waals surface area contributed by atoms with Crippen LogP contribution in [0.2, 0.25) is 10.0 Å². The molecule has 1 heterocycles. The molecule has 0 radical (unpaired) electrons. The molecule has 0 spiro atoms. The van der Waals surface area contributed by atoms with Gasteiger partial charge in [0, 0.05) is 13.1 Å². The lowest BCUT2D eigenvalue weighted by atomic mass is 9.83. The van der Waals surface area contributed by atoms with Gasteiger partial charge in [0.1, 0.15) is 4.90 Å². The Hall–Kier alpha value is -0.0400. The minimum atomic E-state index is -3.65. The quantitative estimate of drug-likeness (QED) is 0.852. The van der Waals surface area contributed by atoms with E-state index in [1.165, 1.54) is 6.07 Å². The number of benzene rings is 1. The monoisotopic (exact) mass is 372 g/mol. The summed E-state index contributed by atoms with van der Waals surface area (Å²) in [7, 11) is -3.65. The zero-order valence-electron chi connectivity index (χ0n) is 11.7. The summed E-state index contributed by atoms with van der Waals surface area (Å²) in [4.78, 5) is 0.0269. The predicted octanol–water partition coefficient (Wildman–Crippen LogP) is 3.08. The number of hydrogen-bond donors (Lipinski definition) is 2. The lowest BCUT2D eigenvalue weighted by molar-refractivity contribution is 0.238. The van der Waals surface area contributed by atoms with Gasteiger partial charge in [0.05, 0.1) is 10.0 Å². The number of piperidine rings is 1. The molecule has 1 aromatic carbocycles. The van der Waals surface area contributed by atoms with Crippen molar-refractivity contribution in [3.05, 3.63) is 28.2 Å². The van der Waals surface area contributed by atoms with E-state index in [0.29, 0.717) is 6.54 Å². The van der Waals surface area contributed by atoms with Crippen LogP contribution >= 0.6 is 35.6 Å². The Balaban J connectivity index is 0.00000220. The number of halogens is 3. The summed E-state index contributed by atoms with van der Waals surface area (Å²) in [5.74, 6) is 0. The van der Waals surface area contributed by atoms with Gasteiger partial charge >= 0.3 is 0 Å². The number of sulfonamides is 1. The fraction of sp³-hybridized carbons (Fsp3) is 0.538. The van der Waals surface area contributed by atoms with Gasteiger partial charge in [0.2, 0.25) is 10.0 Å². The summed E-state index contributed by atoms with van der Waals surface area (Å²) >= 11 is 11.8. The highest BCUT2D eigenvalue weighted by Gasteiger charge is 2.29. The maximum Gasteiger partial charge on any atom is 0.242 e. The van der Waals surface area contributed by atoms with Crippen molar-refractivity contribution in [1.29, 1.82) is 0 Å². The molecule has 2 N–H and O–H groups in total. The average Bonchev–Trinajstić information content (AvgIpc) is 2.41. The first kappa shape index (κ1) is 19.0. The Morgan fingerprint density at radius 2 is 2.10 bits per heavy atom. The molecule has 4 nitrogen and oxygen atoms in total. The van der Waals surface area contributed by atoms with Crippen molar-refractivity contribution in [2.45, 2.75) is 24.7 Å². The van der Waals surface area contributed by atoms with Crippen molar-refractivity contribution in [3.63, 3.8) is 0 Å². The fourth-order valence-corrected chi connectivity index (χ4v) is 4.27. The van der Waals surface area contributed by atoms with Crippen molar-refractivity contribution < 1.29 is 8.42 Å². The van der Waals surface area contributed by atoms with Crippen LogP contribution < -0.4 is 10.0 Å². The van der Waals surface area contributed by atoms with Crippen LogP contribution in [-0.4, -0.2) is 28.1 Å². The van der Waals surface area contributed by atoms with E-state index in [0.717, 1.165) is 25.9 Å². The molecule has 21 heavy (non-hydrogen) atoms. The van der Waals surface area contributed by atoms with Gasteiger partial charge in [-0.1, -0.05) is 36.2 Å². The maximum absolute atomic E-state index is 12.3. The lowest BCUT2D eigenvalue weighted by Gasteiger charge is -2.34. The van der Waals surface area contributed by atoms with Gasteiger partial charge in [0.25, 0.3) is 0 Å². The third-order valence-corrected chi connectivity index (χ3v) is 5.95. The molecule has 1 saturated heterocycles. The van der Waals surface area contributed by atoms with Crippen LogP contribution in [0.25, 0.3) is 0 Å². The molecular formula is C13H19Cl3N2O2S. The van der Waals surface area contributed by atoms with Crippen LogP contribution in [0.3, 0.4) is 0 Å². The van der Waals surface area contributed by atoms with Gasteiger partial charge < -0.3 is 5.32 Å². The molecule has 0 amide bonds. The Morgan fingerprint density at radius 3 is 2.71 bits per heavy atom. The molecular weight excluding hydrogens is 355 g/mol. The van der Waals surface area contributed by atoms with Gasteiger partial charge in [-0.2, -0.15) is 0 Å². The maximum atomic E-state index is 12.3. The van der Waals surface area contributed by atoms with Crippen LogP contribution in [0.5, 0.6) is 0 Å². The molecule has 1 atom stereocenters. The van der Waals surface area contributed by atoms with Gasteiger partial charge in [-0.15, -0.1) is 12.4 Å². The summed E-state index contributed by atoms with van der Waals surface area (Å²) in [5, 5.41) is 3.59. The summed E-state index contributed by atoms with van der Waals surface area (Å²) in [6.45, 7) is 4.24. The van der Waals surface area contributed by atoms with E-state index in [1.54, 1.807) is 12.1 Å². The number of hydrogen-bond acceptors (Lipinski definition) is 3. The van der Waals surface area contributed by atoms with Crippen molar-refractivity contribution in [3.8, 4) is 0 Å². The Kier molecular flexibility index (Phi) is 6.78. The summed E-state index contributed by atoms with van der Waals surface area (Å²) in [5.41, 5.74) is -0.0730. The number of nitrogens with one attached hydrogen (secondary N) is 2. The summed E-state index contributed by atoms with van der Waals surface area (Å²) in [6.07, 6.45) is 2.04. The van der Waals surface area contributed by atoms with Gasteiger partial charge in [-0.05, 0) is 36.9 Å². The summed E-state index contributed by atoms with van der Waals surface area (Å²) in [6, 6.07) is 4.60. The van der Waals surface area contributed by atoms with Gasteiger partial charge in [-0.25, -0.2) is 13.1 Å². The minimum absolute atomic E-state index is 0. The molecule has 1 unspecified atom stereocenters. The van der Waals surface area contributed by atoms with E-state index in [4.69, 9.17) is 23.2 Å². The molecule has 1 aromatic rings. The van der Waals surface area contributed by atoms with Crippen molar-refractivity contribution >= 4 is 45.6 Å². The Labute approximate surface area is 142 Å². The molecule has 120 valence electrons. The van der Waals surface area contributed by atoms with E-state index in [9.17, 15) is 8.42 Å². The van der Waals surface area contributed by atoms with Crippen molar-refractivity contribution in [1.82, 2.24) is 10.0 Å². The first-order valence-corrected chi connectivity index (χ1v) is 8.72. The Bertz CT molecular complexity index is 587. The normalized spacial score (nSPS) is 22.6. The highest BCUT2D eigenvalue weighted by atomic mass is 35.5. The average molecular weight is 374 g/mol. The zero-order valence-corrected chi connectivity index (χ0v) is 14.8. The molecule has 0 bridgehead atoms. The van der Waals surface area contributed by atoms with Crippen LogP contribution in [0.1, 0.15) is 19.8 Å². The molecule has 0 saturated carbocycles. The largest absolute Gasteiger partial charge is 0.316 e. The van der Waals surface area contributed by atoms with E-state index in [2.05, 4.69) is 17.0 Å². The fourth-order valence-electron chi connectivity index (χ4n) is 2.31. The second-order valence-corrected chi connectivity index (χ2v) is 7.99. The zero-order chi connectivity index (χ0) is 14.8. The molecule has 8 heteroatoms. The molecule has 1 fully saturated rings. The first-order valence-electron chi connectivity index (χ1n) is 6.48. The van der Waals surface area contributed by atoms with Crippen molar-refractivity contribution in [2.24, 2.45) is 5.41 Å². The predicted molar refractivity (Wildman–Crippen MR) is 89.1 cm³/mol. The molecule has 0 aliphatic carbocycles. The van der Waals surface area contributed by atoms with E-state index >= 15 is 0 Å². The highest BCUT2D eigenvalue weighted by Crippen LogP contribution is 2.30. The van der Waals surface area contributed by atoms with Crippen LogP contribution in [-0.2, 0) is 10.0 Å². The number of rotatable bonds is 4. The van der Waals surface area contributed by atoms with Crippen LogP contribution in [0, 0.1) is 5.41 Å². The van der Waals surface area contributed by atoms with E-state index < -0.39 is 10.0 Å². The summed E-state index contributed by atoms with van der Waals surface area (Å²) < 4.78 is 27.3. The van der Waals surface area contributed by atoms with Crippen LogP contribution in [0.15, 0.2) is 23.1 Å². The van der Waals surface area contributed by atoms with E-state index in [1.807, 2.05) is 0 Å². The molecule has 2 rings (SSSR count). The Morgan fingerprint density at radius 1 is 1.38 bits per heavy atom. The standard InChI is InChI=1S/C13H18Cl2N2O2S.ClH/c1-13(6-3-7-16-8-13)9-17-20(18,19)11-5-2-4-10(14)12(11)15;/h2,4-5,16-17H,3,6-9H2,1H3;1H. The SMILES string of the molecule is CC1(CNS(=O)(=O)c2cccc(Cl)c2Cl)CCCNC1.Cl. The first-order chi connectivity index (χ1) is 9.34. The van der Waals surface area contributed by atoms with Crippen molar-refractivity contribution in [2.75, 3.05) is 19.6 Å². The molecule has 0 aromatic heterocycles. The third-order valence-electron chi connectivity index (χ3n) is 3.58. The topological polar surface area (TPSA) is 58.2 Å². The highest BCUT2D eigenvalue weighted by molar-refractivity contribution is 7.89. The van der Waals surface area contributed by atoms with Gasteiger partial charge in [0.15, 0.2) is 0 Å². The van der Waals surface area contributed by atoms with Crippen LogP contribution in [0.4, 0.5) is 0 Å². The molecule has 1 aliphatic rings. The molecule has 1 aliphatic heterocycles. The minimum Gasteiger partial charge on any atom is -0.316 e. The second kappa shape index (κ2) is 7.49.